The van der Waals surface area contributed by atoms with Gasteiger partial charge in [-0.3, -0.25) is 19.3 Å². The van der Waals surface area contributed by atoms with Gasteiger partial charge in [0.05, 0.1) is 23.9 Å². The molecule has 2 aliphatic rings. The van der Waals surface area contributed by atoms with Crippen molar-refractivity contribution < 1.29 is 58.6 Å². The maximum atomic E-state index is 14.4. The minimum atomic E-state index is -2.27. The summed E-state index contributed by atoms with van der Waals surface area (Å²) >= 11 is 0. The molecule has 0 radical (unpaired) electrons. The highest BCUT2D eigenvalue weighted by molar-refractivity contribution is 6.01. The molecule has 53 heavy (non-hydrogen) atoms. The van der Waals surface area contributed by atoms with Gasteiger partial charge in [-0.15, -0.1) is 0 Å². The van der Waals surface area contributed by atoms with Crippen LogP contribution in [-0.2, 0) is 38.9 Å². The quantitative estimate of drug-likeness (QED) is 0.136. The first-order chi connectivity index (χ1) is 25.2. The topological polar surface area (TPSA) is 255 Å². The van der Waals surface area contributed by atoms with Crippen LogP contribution in [0.4, 0.5) is 10.1 Å². The Labute approximate surface area is 302 Å². The summed E-state index contributed by atoms with van der Waals surface area (Å²) in [6.45, 7) is 4.10. The number of carboxylic acids is 3. The Morgan fingerprint density at radius 1 is 0.906 bits per heavy atom. The molecule has 0 aliphatic carbocycles. The molecule has 3 atom stereocenters. The van der Waals surface area contributed by atoms with Crippen LogP contribution < -0.4 is 15.4 Å². The highest BCUT2D eigenvalue weighted by atomic mass is 19.1. The summed E-state index contributed by atoms with van der Waals surface area (Å²) in [6, 6.07) is 18.8. The SMILES string of the molecule is N#Cc1ccc(N2CCN(Cc3ccc(COc4cccc5c4CN([C@@H](CCC(=O)O)C(N)=O)C5=O)cc3)CC2)c(F)c1.O=C(O)C(O)C(O)C(=O)O. The number of aliphatic hydroxyl groups is 2. The van der Waals surface area contributed by atoms with E-state index in [4.69, 9.17) is 41.3 Å². The number of ether oxygens (including phenoxy) is 1. The lowest BCUT2D eigenvalue weighted by atomic mass is 10.1. The number of nitrogens with two attached hydrogens (primary N) is 1. The molecule has 7 N–H and O–H groups in total. The second-order valence-corrected chi connectivity index (χ2v) is 12.3. The number of piperazine rings is 1. The summed E-state index contributed by atoms with van der Waals surface area (Å²) < 4.78 is 20.5. The number of fused-ring (bicyclic) bond motifs is 1. The van der Waals surface area contributed by atoms with Gasteiger partial charge in [-0.05, 0) is 47.9 Å². The third-order valence-corrected chi connectivity index (χ3v) is 8.71. The van der Waals surface area contributed by atoms with Crippen molar-refractivity contribution in [1.29, 1.82) is 5.26 Å². The average Bonchev–Trinajstić information content (AvgIpc) is 3.47. The van der Waals surface area contributed by atoms with Crippen LogP contribution in [0.5, 0.6) is 5.75 Å². The van der Waals surface area contributed by atoms with Crippen molar-refractivity contribution in [3.63, 3.8) is 0 Å². The molecule has 2 heterocycles. The Kier molecular flexibility index (Phi) is 13.4. The molecule has 3 aromatic rings. The Balaban J connectivity index is 0.000000550. The van der Waals surface area contributed by atoms with Gasteiger partial charge in [-0.25, -0.2) is 14.0 Å². The van der Waals surface area contributed by atoms with Gasteiger partial charge in [0.15, 0.2) is 12.2 Å². The van der Waals surface area contributed by atoms with Gasteiger partial charge >= 0.3 is 17.9 Å². The lowest BCUT2D eigenvalue weighted by molar-refractivity contribution is -0.165. The highest BCUT2D eigenvalue weighted by Crippen LogP contribution is 2.33. The fourth-order valence-corrected chi connectivity index (χ4v) is 5.83. The zero-order chi connectivity index (χ0) is 38.8. The maximum absolute atomic E-state index is 14.4. The van der Waals surface area contributed by atoms with Crippen LogP contribution in [0.3, 0.4) is 0 Å². The number of aliphatic hydroxyl groups excluding tert-OH is 2. The largest absolute Gasteiger partial charge is 0.489 e. The first kappa shape index (κ1) is 39.7. The predicted molar refractivity (Wildman–Crippen MR) is 183 cm³/mol. The number of halogens is 1. The number of nitrogens with zero attached hydrogens (tertiary/aromatic N) is 4. The van der Waals surface area contributed by atoms with Crippen molar-refractivity contribution in [2.45, 2.75) is 50.8 Å². The lowest BCUT2D eigenvalue weighted by Gasteiger charge is -2.36. The van der Waals surface area contributed by atoms with Crippen LogP contribution in [0.2, 0.25) is 0 Å². The lowest BCUT2D eigenvalue weighted by Crippen LogP contribution is -2.46. The first-order valence-corrected chi connectivity index (χ1v) is 16.3. The third kappa shape index (κ3) is 10.3. The van der Waals surface area contributed by atoms with E-state index in [1.54, 1.807) is 30.3 Å². The molecule has 2 amide bonds. The van der Waals surface area contributed by atoms with E-state index in [1.165, 1.54) is 11.0 Å². The van der Waals surface area contributed by atoms with E-state index in [2.05, 4.69) is 4.90 Å². The Bertz CT molecular complexity index is 1860. The standard InChI is InChI=1S/C32H32FN5O5.C4H6O6/c33-26-16-23(17-34)8-9-27(26)37-14-12-36(13-15-37)18-21-4-6-22(7-5-21)20-43-29-3-1-2-24-25(29)19-38(32(24)42)28(31(35)41)10-11-30(39)40;5-1(3(7)8)2(6)4(9)10/h1-9,16,28H,10-15,18-20H2,(H2,35,41)(H,39,40);1-2,5-6H,(H,7,8)(H,9,10)/t28-;/m0./s1. The number of carboxylic acid groups (broad SMARTS) is 3. The molecule has 5 rings (SSSR count). The van der Waals surface area contributed by atoms with Crippen LogP contribution in [0.25, 0.3) is 0 Å². The van der Waals surface area contributed by atoms with Crippen LogP contribution in [-0.4, -0.2) is 109 Å². The number of anilines is 1. The van der Waals surface area contributed by atoms with Crippen LogP contribution in [0.15, 0.2) is 60.7 Å². The number of benzene rings is 3. The molecule has 1 fully saturated rings. The fraction of sp³-hybridized carbons (Fsp3) is 0.333. The second-order valence-electron chi connectivity index (χ2n) is 12.3. The minimum Gasteiger partial charge on any atom is -0.489 e. The zero-order valence-electron chi connectivity index (χ0n) is 28.3. The van der Waals surface area contributed by atoms with Gasteiger partial charge < -0.3 is 45.8 Å². The molecule has 2 unspecified atom stereocenters. The molecule has 3 aromatic carbocycles. The van der Waals surface area contributed by atoms with Gasteiger partial charge in [0.1, 0.15) is 24.2 Å². The van der Waals surface area contributed by atoms with Gasteiger partial charge in [0.25, 0.3) is 5.91 Å². The highest BCUT2D eigenvalue weighted by Gasteiger charge is 2.37. The fourth-order valence-electron chi connectivity index (χ4n) is 5.83. The van der Waals surface area contributed by atoms with Gasteiger partial charge in [0, 0.05) is 50.3 Å². The number of rotatable bonds is 14. The molecule has 0 spiro atoms. The molecular weight excluding hydrogens is 697 g/mol. The normalized spacial score (nSPS) is 15.6. The second kappa shape index (κ2) is 17.9. The van der Waals surface area contributed by atoms with E-state index in [-0.39, 0.29) is 37.7 Å². The summed E-state index contributed by atoms with van der Waals surface area (Å²) in [5.41, 5.74) is 9.48. The Morgan fingerprint density at radius 3 is 2.08 bits per heavy atom. The third-order valence-electron chi connectivity index (χ3n) is 8.71. The van der Waals surface area contributed by atoms with Crippen molar-refractivity contribution >= 4 is 35.4 Å². The van der Waals surface area contributed by atoms with Crippen LogP contribution in [0, 0.1) is 17.1 Å². The van der Waals surface area contributed by atoms with Crippen molar-refractivity contribution in [2.75, 3.05) is 31.1 Å². The average molecular weight is 736 g/mol. The van der Waals surface area contributed by atoms with Gasteiger partial charge in [-0.1, -0.05) is 30.3 Å². The molecule has 1 saturated heterocycles. The Hall–Kier alpha value is -6.09. The monoisotopic (exact) mass is 735 g/mol. The molecular formula is C36H38FN5O11. The number of carbonyl (C=O) groups excluding carboxylic acids is 2. The number of primary amides is 1. The van der Waals surface area contributed by atoms with Crippen molar-refractivity contribution in [3.8, 4) is 11.8 Å². The molecule has 0 bridgehead atoms. The maximum Gasteiger partial charge on any atom is 0.335 e. The zero-order valence-corrected chi connectivity index (χ0v) is 28.3. The molecule has 0 saturated carbocycles. The van der Waals surface area contributed by atoms with E-state index < -0.39 is 42.1 Å². The van der Waals surface area contributed by atoms with E-state index in [9.17, 15) is 28.4 Å². The molecule has 280 valence electrons. The number of hydrogen-bond acceptors (Lipinski definition) is 11. The smallest absolute Gasteiger partial charge is 0.335 e. The van der Waals surface area contributed by atoms with Crippen LogP contribution in [0.1, 0.15) is 45.5 Å². The summed E-state index contributed by atoms with van der Waals surface area (Å²) in [6.07, 6.45) is -4.87. The van der Waals surface area contributed by atoms with E-state index in [0.717, 1.165) is 30.8 Å². The van der Waals surface area contributed by atoms with Crippen molar-refractivity contribution in [1.82, 2.24) is 9.80 Å². The summed E-state index contributed by atoms with van der Waals surface area (Å²) in [5, 5.41) is 50.5. The molecule has 2 aliphatic heterocycles. The first-order valence-electron chi connectivity index (χ1n) is 16.3. The number of hydrogen-bond donors (Lipinski definition) is 6. The van der Waals surface area contributed by atoms with Crippen molar-refractivity contribution in [2.24, 2.45) is 5.73 Å². The van der Waals surface area contributed by atoms with Crippen LogP contribution >= 0.6 is 0 Å². The van der Waals surface area contributed by atoms with E-state index >= 15 is 0 Å². The number of carbonyl (C=O) groups is 5. The summed E-state index contributed by atoms with van der Waals surface area (Å²) in [7, 11) is 0. The summed E-state index contributed by atoms with van der Waals surface area (Å²) in [4.78, 5) is 61.3. The van der Waals surface area contributed by atoms with Gasteiger partial charge in [-0.2, -0.15) is 5.26 Å². The molecule has 0 aromatic heterocycles. The number of amides is 2. The number of nitriles is 1. The molecule has 17 heteroatoms. The van der Waals surface area contributed by atoms with Gasteiger partial charge in [0.2, 0.25) is 5.91 Å². The Morgan fingerprint density at radius 2 is 1.53 bits per heavy atom. The minimum absolute atomic E-state index is 0.0572. The number of aliphatic carboxylic acids is 3. The van der Waals surface area contributed by atoms with Crippen molar-refractivity contribution in [3.05, 3.63) is 94.3 Å². The summed E-state index contributed by atoms with van der Waals surface area (Å²) in [5.74, 6) is -5.57. The predicted octanol–water partition coefficient (Wildman–Crippen LogP) is 1.15. The van der Waals surface area contributed by atoms with E-state index in [0.29, 0.717) is 41.2 Å². The van der Waals surface area contributed by atoms with E-state index in [1.807, 2.05) is 35.2 Å². The molecule has 16 nitrogen and oxygen atoms in total.